The number of hydrogen-bond donors (Lipinski definition) is 0. The summed E-state index contributed by atoms with van der Waals surface area (Å²) >= 11 is 0. The molecule has 4 heterocycles. The molecule has 5 nitrogen and oxygen atoms in total. The second kappa shape index (κ2) is 7.86. The largest absolute Gasteiger partial charge is 0.496 e. The average molecular weight is 418 g/mol. The van der Waals surface area contributed by atoms with Crippen molar-refractivity contribution in [1.82, 2.24) is 9.88 Å². The lowest BCUT2D eigenvalue weighted by atomic mass is 9.78. The molecule has 6 heteroatoms. The normalized spacial score (nSPS) is 27.2. The zero-order valence-corrected chi connectivity index (χ0v) is 18.9. The third-order valence-corrected chi connectivity index (χ3v) is 7.21. The molecule has 31 heavy (non-hydrogen) atoms. The highest BCUT2D eigenvalue weighted by Gasteiger charge is 2.52. The number of aromatic nitrogens is 1. The number of pyridine rings is 1. The topological polar surface area (TPSA) is 43.8 Å². The number of benzene rings is 1. The fraction of sp³-hybridized carbons (Fsp3) is 0.480. The number of hydrogen-bond acceptors (Lipinski definition) is 5. The minimum absolute atomic E-state index is 0.281. The quantitative estimate of drug-likeness (QED) is 0.712. The summed E-state index contributed by atoms with van der Waals surface area (Å²) in [5.41, 5.74) is 4.11. The van der Waals surface area contributed by atoms with Crippen LogP contribution in [-0.4, -0.2) is 53.5 Å². The van der Waals surface area contributed by atoms with Gasteiger partial charge in [0.1, 0.15) is 0 Å². The molecule has 1 aromatic heterocycles. The monoisotopic (exact) mass is 418 g/mol. The smallest absolute Gasteiger partial charge is 0.399 e. The molecule has 0 radical (unpaired) electrons. The van der Waals surface area contributed by atoms with Gasteiger partial charge in [0.15, 0.2) is 0 Å². The lowest BCUT2D eigenvalue weighted by molar-refractivity contribution is -0.0402. The van der Waals surface area contributed by atoms with Gasteiger partial charge in [0, 0.05) is 30.4 Å². The van der Waals surface area contributed by atoms with Crippen LogP contribution in [0.1, 0.15) is 45.2 Å². The summed E-state index contributed by atoms with van der Waals surface area (Å²) in [5.74, 6) is 0. The predicted octanol–water partition coefficient (Wildman–Crippen LogP) is 3.44. The van der Waals surface area contributed by atoms with Crippen molar-refractivity contribution in [2.24, 2.45) is 0 Å². The third-order valence-electron chi connectivity index (χ3n) is 7.21. The molecule has 0 spiro atoms. The van der Waals surface area contributed by atoms with Crippen molar-refractivity contribution in [2.45, 2.75) is 63.9 Å². The summed E-state index contributed by atoms with van der Waals surface area (Å²) in [6.07, 6.45) is 7.14. The Morgan fingerprint density at radius 3 is 2.48 bits per heavy atom. The lowest BCUT2D eigenvalue weighted by Crippen LogP contribution is -2.53. The van der Waals surface area contributed by atoms with Gasteiger partial charge < -0.3 is 14.0 Å². The van der Waals surface area contributed by atoms with Crippen LogP contribution in [0.5, 0.6) is 0 Å². The standard InChI is InChI=1S/C25H31BN2O3/c1-24(2)25(3,4)31-26(30-24)21-10-20(13-27-14-21)19-11-22-16-29-17-23(12-19)28(22)15-18-8-6-5-7-9-18/h5-11,13-14,22-23H,12,15-17H2,1-4H3. The number of nitrogens with zero attached hydrogens (tertiary/aromatic N) is 2. The molecule has 162 valence electrons. The lowest BCUT2D eigenvalue weighted by Gasteiger charge is -2.44. The maximum Gasteiger partial charge on any atom is 0.496 e. The molecule has 2 unspecified atom stereocenters. The van der Waals surface area contributed by atoms with Crippen molar-refractivity contribution < 1.29 is 14.0 Å². The maximum atomic E-state index is 6.24. The van der Waals surface area contributed by atoms with Crippen LogP contribution in [0.4, 0.5) is 0 Å². The van der Waals surface area contributed by atoms with Crippen molar-refractivity contribution in [1.29, 1.82) is 0 Å². The van der Waals surface area contributed by atoms with Crippen LogP contribution in [0.2, 0.25) is 0 Å². The third kappa shape index (κ3) is 3.98. The van der Waals surface area contributed by atoms with E-state index in [2.05, 4.69) is 80.1 Å². The van der Waals surface area contributed by atoms with Crippen molar-refractivity contribution in [3.63, 3.8) is 0 Å². The van der Waals surface area contributed by atoms with Gasteiger partial charge in [-0.3, -0.25) is 9.88 Å². The van der Waals surface area contributed by atoms with E-state index in [9.17, 15) is 0 Å². The van der Waals surface area contributed by atoms with E-state index in [4.69, 9.17) is 14.0 Å². The highest BCUT2D eigenvalue weighted by molar-refractivity contribution is 6.62. The summed E-state index contributed by atoms with van der Waals surface area (Å²) in [5, 5.41) is 0. The second-order valence-electron chi connectivity index (χ2n) is 9.91. The fourth-order valence-corrected chi connectivity index (χ4v) is 4.66. The van der Waals surface area contributed by atoms with E-state index in [1.165, 1.54) is 11.1 Å². The molecule has 2 bridgehead atoms. The van der Waals surface area contributed by atoms with Crippen LogP contribution in [0, 0.1) is 0 Å². The number of fused-ring (bicyclic) bond motifs is 2. The Kier molecular flexibility index (Phi) is 5.29. The molecule has 0 amide bonds. The van der Waals surface area contributed by atoms with Gasteiger partial charge in [-0.15, -0.1) is 0 Å². The van der Waals surface area contributed by atoms with Crippen molar-refractivity contribution >= 4 is 18.2 Å². The van der Waals surface area contributed by atoms with E-state index in [-0.39, 0.29) is 24.4 Å². The average Bonchev–Trinajstić information content (AvgIpc) is 2.96. The molecule has 3 aliphatic heterocycles. The molecular formula is C25H31BN2O3. The summed E-state index contributed by atoms with van der Waals surface area (Å²) < 4.78 is 18.4. The van der Waals surface area contributed by atoms with E-state index < -0.39 is 0 Å². The number of morpholine rings is 1. The van der Waals surface area contributed by atoms with Gasteiger partial charge in [-0.1, -0.05) is 42.5 Å². The first-order valence-electron chi connectivity index (χ1n) is 11.2. The highest BCUT2D eigenvalue weighted by Crippen LogP contribution is 2.37. The minimum atomic E-state index is -0.390. The van der Waals surface area contributed by atoms with Gasteiger partial charge in [0.2, 0.25) is 0 Å². The maximum absolute atomic E-state index is 6.24. The summed E-state index contributed by atoms with van der Waals surface area (Å²) in [4.78, 5) is 7.11. The first-order chi connectivity index (χ1) is 14.8. The van der Waals surface area contributed by atoms with Crippen LogP contribution in [-0.2, 0) is 20.6 Å². The molecule has 2 saturated heterocycles. The second-order valence-corrected chi connectivity index (χ2v) is 9.91. The number of rotatable bonds is 4. The van der Waals surface area contributed by atoms with E-state index in [1.54, 1.807) is 0 Å². The molecule has 2 atom stereocenters. The van der Waals surface area contributed by atoms with E-state index in [1.807, 2.05) is 12.4 Å². The molecule has 0 N–H and O–H groups in total. The van der Waals surface area contributed by atoms with Crippen LogP contribution < -0.4 is 5.46 Å². The zero-order valence-electron chi connectivity index (χ0n) is 18.9. The molecule has 2 aromatic rings. The van der Waals surface area contributed by atoms with E-state index in [0.717, 1.165) is 37.2 Å². The molecule has 5 rings (SSSR count). The summed E-state index contributed by atoms with van der Waals surface area (Å²) in [6, 6.07) is 13.5. The summed E-state index contributed by atoms with van der Waals surface area (Å²) in [7, 11) is -0.390. The van der Waals surface area contributed by atoms with E-state index in [0.29, 0.717) is 6.04 Å². The first kappa shape index (κ1) is 20.9. The SMILES string of the molecule is CC1(C)OB(c2cncc(C3=CC4COCC(C3)N4Cc3ccccc3)c2)OC1(C)C. The van der Waals surface area contributed by atoms with Gasteiger partial charge in [0.05, 0.1) is 30.5 Å². The van der Waals surface area contributed by atoms with Crippen molar-refractivity contribution in [3.8, 4) is 0 Å². The number of ether oxygens (including phenoxy) is 1. The van der Waals surface area contributed by atoms with Crippen molar-refractivity contribution in [3.05, 3.63) is 66.0 Å². The van der Waals surface area contributed by atoms with Crippen LogP contribution in [0.15, 0.2) is 54.9 Å². The highest BCUT2D eigenvalue weighted by atomic mass is 16.7. The zero-order chi connectivity index (χ0) is 21.6. The Hall–Kier alpha value is -1.99. The predicted molar refractivity (Wildman–Crippen MR) is 123 cm³/mol. The molecule has 0 saturated carbocycles. The van der Waals surface area contributed by atoms with Gasteiger partial charge in [-0.25, -0.2) is 0 Å². The Morgan fingerprint density at radius 2 is 1.77 bits per heavy atom. The van der Waals surface area contributed by atoms with Crippen molar-refractivity contribution in [2.75, 3.05) is 13.2 Å². The van der Waals surface area contributed by atoms with Crippen LogP contribution in [0.3, 0.4) is 0 Å². The Balaban J connectivity index is 1.38. The van der Waals surface area contributed by atoms with E-state index >= 15 is 0 Å². The fourth-order valence-electron chi connectivity index (χ4n) is 4.66. The Labute approximate surface area is 185 Å². The molecule has 0 aliphatic carbocycles. The van der Waals surface area contributed by atoms with Gasteiger partial charge >= 0.3 is 7.12 Å². The van der Waals surface area contributed by atoms with Gasteiger partial charge in [-0.05, 0) is 50.8 Å². The minimum Gasteiger partial charge on any atom is -0.399 e. The Bertz CT molecular complexity index is 960. The Morgan fingerprint density at radius 1 is 1.03 bits per heavy atom. The molecule has 1 aromatic carbocycles. The van der Waals surface area contributed by atoms with Gasteiger partial charge in [0.25, 0.3) is 0 Å². The van der Waals surface area contributed by atoms with Crippen LogP contribution >= 0.6 is 0 Å². The van der Waals surface area contributed by atoms with Gasteiger partial charge in [-0.2, -0.15) is 0 Å². The van der Waals surface area contributed by atoms with Crippen LogP contribution in [0.25, 0.3) is 5.57 Å². The first-order valence-corrected chi connectivity index (χ1v) is 11.2. The molecular weight excluding hydrogens is 387 g/mol. The molecule has 3 aliphatic rings. The summed E-state index contributed by atoms with van der Waals surface area (Å²) in [6.45, 7) is 10.8. The molecule has 2 fully saturated rings.